The van der Waals surface area contributed by atoms with E-state index in [0.717, 1.165) is 4.44 Å². The molecule has 0 saturated heterocycles. The van der Waals surface area contributed by atoms with Crippen LogP contribution < -0.4 is 18.9 Å². The Kier molecular flexibility index (Phi) is 16.2. The van der Waals surface area contributed by atoms with Gasteiger partial charge in [-0.2, -0.15) is 0 Å². The van der Waals surface area contributed by atoms with E-state index in [1.165, 1.54) is 51.8 Å². The van der Waals surface area contributed by atoms with E-state index >= 15 is 0 Å². The van der Waals surface area contributed by atoms with Crippen LogP contribution in [0.1, 0.15) is 59.3 Å². The second kappa shape index (κ2) is 13.5. The van der Waals surface area contributed by atoms with E-state index in [-0.39, 0.29) is 18.9 Å². The Morgan fingerprint density at radius 2 is 1.18 bits per heavy atom. The molecule has 0 aliphatic heterocycles. The molecule has 0 rings (SSSR count). The first-order chi connectivity index (χ1) is 7.74. The van der Waals surface area contributed by atoms with Crippen LogP contribution in [0.4, 0.5) is 0 Å². The fourth-order valence-electron chi connectivity index (χ4n) is 2.45. The molecular weight excluding hydrogens is 310 g/mol. The zero-order valence-electron chi connectivity index (χ0n) is 12.5. The Morgan fingerprint density at radius 1 is 0.824 bits per heavy atom. The molecule has 0 fully saturated rings. The van der Waals surface area contributed by atoms with E-state index in [0.29, 0.717) is 0 Å². The standard InChI is InChI=1S/3C4H9.C2H2O.Li.Sn/c3*1-3-4-2;1-2-3;;/h3*1,3-4H2,2H3;1H2;;/q;;;-1;+1;. The van der Waals surface area contributed by atoms with Crippen LogP contribution in [0.25, 0.3) is 0 Å². The molecule has 0 aromatic rings. The third-order valence-electron chi connectivity index (χ3n) is 3.63. The molecule has 0 aromatic heterocycles. The van der Waals surface area contributed by atoms with Gasteiger partial charge in [-0.05, 0) is 0 Å². The first-order valence-corrected chi connectivity index (χ1v) is 15.2. The number of rotatable bonds is 11. The van der Waals surface area contributed by atoms with Gasteiger partial charge in [-0.1, -0.05) is 0 Å². The number of hydrogen-bond donors (Lipinski definition) is 0. The maximum atomic E-state index is 10.8. The van der Waals surface area contributed by atoms with Crippen molar-refractivity contribution in [3.8, 4) is 0 Å². The summed E-state index contributed by atoms with van der Waals surface area (Å²) in [6.07, 6.45) is 10.2. The molecule has 1 nitrogen and oxygen atoms in total. The van der Waals surface area contributed by atoms with Crippen molar-refractivity contribution in [2.24, 2.45) is 0 Å². The minimum absolute atomic E-state index is 0. The molecule has 0 aromatic carbocycles. The summed E-state index contributed by atoms with van der Waals surface area (Å²) in [6, 6.07) is 0. The third-order valence-corrected chi connectivity index (χ3v) is 18.3. The molecule has 0 heterocycles. The van der Waals surface area contributed by atoms with Gasteiger partial charge in [0.1, 0.15) is 0 Å². The normalized spacial score (nSPS) is 11.0. The Bertz CT molecular complexity index is 152. The second-order valence-corrected chi connectivity index (χ2v) is 19.0. The zero-order valence-corrected chi connectivity index (χ0v) is 15.3. The van der Waals surface area contributed by atoms with Crippen molar-refractivity contribution < 1.29 is 23.7 Å². The average Bonchev–Trinajstić information content (AvgIpc) is 2.31. The van der Waals surface area contributed by atoms with E-state index in [1.807, 2.05) is 0 Å². The monoisotopic (exact) mass is 340 g/mol. The molecule has 0 bridgehead atoms. The van der Waals surface area contributed by atoms with E-state index in [4.69, 9.17) is 0 Å². The minimum Gasteiger partial charge on any atom is 1.00 e. The summed E-state index contributed by atoms with van der Waals surface area (Å²) in [7, 11) is 0. The predicted molar refractivity (Wildman–Crippen MR) is 75.4 cm³/mol. The average molecular weight is 339 g/mol. The fraction of sp³-hybridized carbons (Fsp3) is 0.929. The molecule has 17 heavy (non-hydrogen) atoms. The van der Waals surface area contributed by atoms with Crippen LogP contribution in [-0.4, -0.2) is 24.7 Å². The SMILES string of the molecule is CCC[CH2][Sn]([CH2][C-]=O)([CH2]CCC)[CH2]CCC.[Li+]. The van der Waals surface area contributed by atoms with Crippen LogP contribution >= 0.6 is 0 Å². The fourth-order valence-corrected chi connectivity index (χ4v) is 16.4. The maximum Gasteiger partial charge on any atom is 1.00 e. The summed E-state index contributed by atoms with van der Waals surface area (Å²) in [5, 5.41) is 0. The van der Waals surface area contributed by atoms with Crippen molar-refractivity contribution in [2.45, 2.75) is 77.0 Å². The summed E-state index contributed by atoms with van der Waals surface area (Å²) in [4.78, 5) is 10.8. The number of carbonyl (C=O) groups excluding carboxylic acids is 1. The Morgan fingerprint density at radius 3 is 1.41 bits per heavy atom. The molecule has 96 valence electrons. The number of hydrogen-bond acceptors (Lipinski definition) is 1. The molecule has 0 spiro atoms. The first kappa shape index (κ1) is 20.4. The van der Waals surface area contributed by atoms with Crippen molar-refractivity contribution in [1.82, 2.24) is 0 Å². The van der Waals surface area contributed by atoms with Gasteiger partial charge in [0.2, 0.25) is 0 Å². The Labute approximate surface area is 125 Å². The van der Waals surface area contributed by atoms with E-state index in [2.05, 4.69) is 27.1 Å². The van der Waals surface area contributed by atoms with Crippen molar-refractivity contribution in [2.75, 3.05) is 0 Å². The molecule has 3 heteroatoms. The molecule has 0 aliphatic carbocycles. The van der Waals surface area contributed by atoms with Gasteiger partial charge >= 0.3 is 125 Å². The van der Waals surface area contributed by atoms with Crippen LogP contribution in [0.15, 0.2) is 0 Å². The molecule has 0 amide bonds. The smallest absolute Gasteiger partial charge is 1.00 e. The van der Waals surface area contributed by atoms with E-state index in [1.54, 1.807) is 0 Å². The second-order valence-electron chi connectivity index (χ2n) is 5.13. The third kappa shape index (κ3) is 9.62. The van der Waals surface area contributed by atoms with Crippen LogP contribution in [0.5, 0.6) is 0 Å². The van der Waals surface area contributed by atoms with E-state index in [9.17, 15) is 4.79 Å². The minimum atomic E-state index is -2.08. The summed E-state index contributed by atoms with van der Waals surface area (Å²) in [6.45, 7) is 6.79. The van der Waals surface area contributed by atoms with Gasteiger partial charge in [-0.15, -0.1) is 0 Å². The van der Waals surface area contributed by atoms with Crippen LogP contribution in [0.3, 0.4) is 0 Å². The first-order valence-electron chi connectivity index (χ1n) is 7.09. The molecule has 0 radical (unpaired) electrons. The molecule has 0 aliphatic rings. The van der Waals surface area contributed by atoms with Gasteiger partial charge in [-0.3, -0.25) is 0 Å². The Balaban J connectivity index is 0. The molecule has 0 unspecified atom stereocenters. The van der Waals surface area contributed by atoms with Gasteiger partial charge < -0.3 is 0 Å². The van der Waals surface area contributed by atoms with Gasteiger partial charge in [0.05, 0.1) is 0 Å². The molecule has 0 N–H and O–H groups in total. The van der Waals surface area contributed by atoms with Crippen molar-refractivity contribution in [3.63, 3.8) is 0 Å². The van der Waals surface area contributed by atoms with Gasteiger partial charge in [0.25, 0.3) is 0 Å². The van der Waals surface area contributed by atoms with Crippen LogP contribution in [0, 0.1) is 0 Å². The summed E-state index contributed by atoms with van der Waals surface area (Å²) in [5.41, 5.74) is 0. The molecule has 0 saturated carbocycles. The predicted octanol–water partition coefficient (Wildman–Crippen LogP) is 1.95. The maximum absolute atomic E-state index is 10.8. The topological polar surface area (TPSA) is 17.1 Å². The largest absolute Gasteiger partial charge is 1.00 e. The quantitative estimate of drug-likeness (QED) is 0.416. The zero-order chi connectivity index (χ0) is 12.3. The molecular formula is C14H29LiOSn. The van der Waals surface area contributed by atoms with Gasteiger partial charge in [0.15, 0.2) is 0 Å². The number of unbranched alkanes of at least 4 members (excludes halogenated alkanes) is 3. The van der Waals surface area contributed by atoms with E-state index < -0.39 is 18.4 Å². The summed E-state index contributed by atoms with van der Waals surface area (Å²) < 4.78 is 5.16. The van der Waals surface area contributed by atoms with Crippen molar-refractivity contribution in [3.05, 3.63) is 0 Å². The van der Waals surface area contributed by atoms with Crippen LogP contribution in [-0.2, 0) is 4.79 Å². The molecule has 0 atom stereocenters. The Hall–Kier alpha value is 1.07. The van der Waals surface area contributed by atoms with Crippen LogP contribution in [0.2, 0.25) is 17.7 Å². The summed E-state index contributed by atoms with van der Waals surface area (Å²) >= 11 is -2.08. The van der Waals surface area contributed by atoms with Crippen molar-refractivity contribution >= 4 is 24.7 Å². The van der Waals surface area contributed by atoms with Gasteiger partial charge in [-0.25, -0.2) is 0 Å². The van der Waals surface area contributed by atoms with Gasteiger partial charge in [0, 0.05) is 0 Å². The van der Waals surface area contributed by atoms with Crippen molar-refractivity contribution in [1.29, 1.82) is 0 Å². The summed E-state index contributed by atoms with van der Waals surface area (Å²) in [5.74, 6) is 0.